The van der Waals surface area contributed by atoms with Gasteiger partial charge in [-0.25, -0.2) is 0 Å². The minimum absolute atomic E-state index is 1.09. The van der Waals surface area contributed by atoms with Crippen LogP contribution in [0.5, 0.6) is 0 Å². The lowest BCUT2D eigenvalue weighted by molar-refractivity contribution is 0.533. The van der Waals surface area contributed by atoms with Crippen LogP contribution in [0.2, 0.25) is 12.1 Å². The summed E-state index contributed by atoms with van der Waals surface area (Å²) in [5.41, 5.74) is 0. The summed E-state index contributed by atoms with van der Waals surface area (Å²) in [5.74, 6) is 0. The van der Waals surface area contributed by atoms with E-state index in [4.69, 9.17) is 4.80 Å². The average Bonchev–Trinajstić information content (AvgIpc) is 1.69. The summed E-state index contributed by atoms with van der Waals surface area (Å²) >= 11 is 0. The molecule has 1 aliphatic heterocycles. The van der Waals surface area contributed by atoms with Gasteiger partial charge in [0.15, 0.2) is 9.04 Å². The highest BCUT2D eigenvalue weighted by molar-refractivity contribution is 6.50. The molecule has 1 N–H and O–H groups in total. The van der Waals surface area contributed by atoms with Gasteiger partial charge in [-0.2, -0.15) is 0 Å². The third-order valence-electron chi connectivity index (χ3n) is 1.57. The summed E-state index contributed by atoms with van der Waals surface area (Å²) in [6, 6.07) is 2.36. The molecule has 1 aliphatic rings. The molecular weight excluding hydrogens is 104 g/mol. The van der Waals surface area contributed by atoms with Crippen LogP contribution in [0.25, 0.3) is 0 Å². The van der Waals surface area contributed by atoms with Crippen LogP contribution in [0.15, 0.2) is 0 Å². The maximum Gasteiger partial charge on any atom is 0.172 e. The third-order valence-corrected chi connectivity index (χ3v) is 3.72. The van der Waals surface area contributed by atoms with E-state index < -0.39 is 9.04 Å². The Kier molecular flexibility index (Phi) is 1.88. The van der Waals surface area contributed by atoms with Gasteiger partial charge in [0.25, 0.3) is 0 Å². The van der Waals surface area contributed by atoms with Gasteiger partial charge < -0.3 is 4.80 Å². The van der Waals surface area contributed by atoms with E-state index in [0.29, 0.717) is 0 Å². The van der Waals surface area contributed by atoms with Crippen LogP contribution in [0.3, 0.4) is 0 Å². The fourth-order valence-corrected chi connectivity index (χ4v) is 2.89. The molecule has 1 rings (SSSR count). The van der Waals surface area contributed by atoms with Gasteiger partial charge >= 0.3 is 0 Å². The molecule has 0 radical (unpaired) electrons. The SMILES string of the molecule is O[SiH]1CCCCC1. The zero-order valence-electron chi connectivity index (χ0n) is 4.56. The first-order valence-electron chi connectivity index (χ1n) is 3.07. The minimum Gasteiger partial charge on any atom is -0.435 e. The van der Waals surface area contributed by atoms with Gasteiger partial charge in [-0.15, -0.1) is 0 Å². The zero-order chi connectivity index (χ0) is 5.11. The van der Waals surface area contributed by atoms with Crippen molar-refractivity contribution in [1.29, 1.82) is 0 Å². The lowest BCUT2D eigenvalue weighted by atomic mass is 10.3. The molecule has 0 aromatic rings. The van der Waals surface area contributed by atoms with Gasteiger partial charge in [0.1, 0.15) is 0 Å². The van der Waals surface area contributed by atoms with Crippen molar-refractivity contribution in [2.75, 3.05) is 0 Å². The van der Waals surface area contributed by atoms with Crippen LogP contribution in [-0.2, 0) is 0 Å². The van der Waals surface area contributed by atoms with E-state index in [0.717, 1.165) is 0 Å². The fourth-order valence-electron chi connectivity index (χ4n) is 1.08. The predicted molar refractivity (Wildman–Crippen MR) is 32.8 cm³/mol. The molecule has 0 bridgehead atoms. The number of rotatable bonds is 0. The molecule has 0 aromatic heterocycles. The second-order valence-corrected chi connectivity index (χ2v) is 4.75. The Bertz CT molecular complexity index is 50.0. The zero-order valence-corrected chi connectivity index (χ0v) is 5.71. The first kappa shape index (κ1) is 5.32. The van der Waals surface area contributed by atoms with Gasteiger partial charge in [0.05, 0.1) is 0 Å². The van der Waals surface area contributed by atoms with E-state index in [2.05, 4.69) is 0 Å². The van der Waals surface area contributed by atoms with Crippen molar-refractivity contribution >= 4 is 9.04 Å². The number of hydrogen-bond acceptors (Lipinski definition) is 1. The third kappa shape index (κ3) is 1.61. The molecule has 0 spiro atoms. The molecule has 42 valence electrons. The molecule has 0 amide bonds. The maximum atomic E-state index is 9.05. The Morgan fingerprint density at radius 3 is 1.86 bits per heavy atom. The molecule has 1 saturated heterocycles. The average molecular weight is 116 g/mol. The van der Waals surface area contributed by atoms with Crippen molar-refractivity contribution < 1.29 is 4.80 Å². The van der Waals surface area contributed by atoms with Crippen LogP contribution in [0.1, 0.15) is 19.3 Å². The molecular formula is C5H12OSi. The summed E-state index contributed by atoms with van der Waals surface area (Å²) in [4.78, 5) is 9.05. The molecule has 0 atom stereocenters. The minimum atomic E-state index is -1.09. The van der Waals surface area contributed by atoms with Crippen molar-refractivity contribution in [2.45, 2.75) is 31.4 Å². The molecule has 1 nitrogen and oxygen atoms in total. The first-order chi connectivity index (χ1) is 3.39. The van der Waals surface area contributed by atoms with Gasteiger partial charge in [-0.1, -0.05) is 19.3 Å². The molecule has 2 heteroatoms. The van der Waals surface area contributed by atoms with Gasteiger partial charge in [-0.05, 0) is 12.1 Å². The van der Waals surface area contributed by atoms with Crippen molar-refractivity contribution in [2.24, 2.45) is 0 Å². The summed E-state index contributed by atoms with van der Waals surface area (Å²) in [6.07, 6.45) is 3.96. The Balaban J connectivity index is 2.12. The molecule has 1 heterocycles. The summed E-state index contributed by atoms with van der Waals surface area (Å²) < 4.78 is 0. The standard InChI is InChI=1S/C5H12OSi/c6-7-4-2-1-3-5-7/h6-7H,1-5H2. The Morgan fingerprint density at radius 2 is 1.57 bits per heavy atom. The largest absolute Gasteiger partial charge is 0.435 e. The van der Waals surface area contributed by atoms with Gasteiger partial charge in [0.2, 0.25) is 0 Å². The topological polar surface area (TPSA) is 20.2 Å². The lowest BCUT2D eigenvalue weighted by Crippen LogP contribution is -2.14. The van der Waals surface area contributed by atoms with Crippen molar-refractivity contribution in [3.63, 3.8) is 0 Å². The Labute approximate surface area is 46.1 Å². The monoisotopic (exact) mass is 116 g/mol. The van der Waals surface area contributed by atoms with Crippen LogP contribution in [0, 0.1) is 0 Å². The molecule has 1 fully saturated rings. The summed E-state index contributed by atoms with van der Waals surface area (Å²) in [7, 11) is -1.09. The van der Waals surface area contributed by atoms with Crippen LogP contribution < -0.4 is 0 Å². The smallest absolute Gasteiger partial charge is 0.172 e. The highest BCUT2D eigenvalue weighted by atomic mass is 28.3. The first-order valence-corrected chi connectivity index (χ1v) is 5.22. The quantitative estimate of drug-likeness (QED) is 0.466. The van der Waals surface area contributed by atoms with Crippen molar-refractivity contribution in [1.82, 2.24) is 0 Å². The van der Waals surface area contributed by atoms with Crippen LogP contribution in [-0.4, -0.2) is 13.8 Å². The van der Waals surface area contributed by atoms with E-state index in [-0.39, 0.29) is 0 Å². The van der Waals surface area contributed by atoms with Crippen molar-refractivity contribution in [3.05, 3.63) is 0 Å². The highest BCUT2D eigenvalue weighted by Crippen LogP contribution is 2.15. The highest BCUT2D eigenvalue weighted by Gasteiger charge is 2.10. The van der Waals surface area contributed by atoms with E-state index in [1.807, 2.05) is 0 Å². The van der Waals surface area contributed by atoms with Crippen LogP contribution >= 0.6 is 0 Å². The maximum absolute atomic E-state index is 9.05. The summed E-state index contributed by atoms with van der Waals surface area (Å²) in [6.45, 7) is 0. The second-order valence-electron chi connectivity index (χ2n) is 2.29. The van der Waals surface area contributed by atoms with E-state index in [1.165, 1.54) is 31.4 Å². The van der Waals surface area contributed by atoms with Crippen molar-refractivity contribution in [3.8, 4) is 0 Å². The Hall–Kier alpha value is 0.177. The van der Waals surface area contributed by atoms with E-state index >= 15 is 0 Å². The van der Waals surface area contributed by atoms with Gasteiger partial charge in [-0.3, -0.25) is 0 Å². The predicted octanol–water partition coefficient (Wildman–Crippen LogP) is 0.886. The summed E-state index contributed by atoms with van der Waals surface area (Å²) in [5, 5.41) is 0. The Morgan fingerprint density at radius 1 is 1.00 bits per heavy atom. The molecule has 7 heavy (non-hydrogen) atoms. The number of hydrogen-bond donors (Lipinski definition) is 1. The molecule has 0 unspecified atom stereocenters. The van der Waals surface area contributed by atoms with E-state index in [1.54, 1.807) is 0 Å². The fraction of sp³-hybridized carbons (Fsp3) is 1.00. The lowest BCUT2D eigenvalue weighted by Gasteiger charge is -2.12. The molecule has 0 aliphatic carbocycles. The molecule has 0 saturated carbocycles. The normalized spacial score (nSPS) is 25.3. The van der Waals surface area contributed by atoms with Gasteiger partial charge in [0, 0.05) is 0 Å². The second kappa shape index (κ2) is 2.48. The molecule has 0 aromatic carbocycles. The van der Waals surface area contributed by atoms with Crippen LogP contribution in [0.4, 0.5) is 0 Å². The van der Waals surface area contributed by atoms with E-state index in [9.17, 15) is 0 Å².